The Morgan fingerprint density at radius 1 is 1.67 bits per heavy atom. The molecule has 1 heterocycles. The molecule has 0 radical (unpaired) electrons. The van der Waals surface area contributed by atoms with Crippen LogP contribution in [0.4, 0.5) is 8.78 Å². The Balaban J connectivity index is 2.54. The van der Waals surface area contributed by atoms with Gasteiger partial charge in [0.1, 0.15) is 0 Å². The van der Waals surface area contributed by atoms with E-state index in [9.17, 15) is 8.78 Å². The fourth-order valence-electron chi connectivity index (χ4n) is 0.808. The molecule has 1 fully saturated rings. The molecule has 54 valence electrons. The summed E-state index contributed by atoms with van der Waals surface area (Å²) < 4.78 is 26.1. The summed E-state index contributed by atoms with van der Waals surface area (Å²) in [6, 6.07) is 0. The lowest BCUT2D eigenvalue weighted by Gasteiger charge is -2.08. The zero-order valence-electron chi connectivity index (χ0n) is 4.65. The molecule has 0 spiro atoms. The van der Waals surface area contributed by atoms with Gasteiger partial charge in [0.2, 0.25) is 0 Å². The first-order valence-electron chi connectivity index (χ1n) is 2.57. The lowest BCUT2D eigenvalue weighted by Crippen LogP contribution is -2.28. The molecule has 2 N–H and O–H groups in total. The van der Waals surface area contributed by atoms with Crippen molar-refractivity contribution in [1.29, 1.82) is 0 Å². The van der Waals surface area contributed by atoms with Crippen molar-refractivity contribution in [3.8, 4) is 0 Å². The van der Waals surface area contributed by atoms with Crippen LogP contribution in [0.5, 0.6) is 0 Å². The molecule has 0 bridgehead atoms. The molecule has 5 heteroatoms. The number of rotatable bonds is 0. The zero-order chi connectivity index (χ0) is 7.07. The summed E-state index contributed by atoms with van der Waals surface area (Å²) >= 11 is 1.81. The first-order valence-corrected chi connectivity index (χ1v) is 3.53. The van der Waals surface area contributed by atoms with E-state index in [1.54, 1.807) is 0 Å². The highest BCUT2D eigenvalue weighted by Gasteiger charge is 2.42. The third kappa shape index (κ3) is 1.71. The predicted molar refractivity (Wildman–Crippen MR) is 38.3 cm³/mol. The third-order valence-electron chi connectivity index (χ3n) is 1.25. The molecule has 0 saturated carbocycles. The highest BCUT2D eigenvalue weighted by Crippen LogP contribution is 2.31. The second kappa shape index (κ2) is 2.28. The molecule has 0 aliphatic carbocycles. The van der Waals surface area contributed by atoms with Crippen LogP contribution in [-0.4, -0.2) is 21.7 Å². The van der Waals surface area contributed by atoms with Gasteiger partial charge in [0, 0.05) is 29.3 Å². The Bertz CT molecular complexity index is 107. The van der Waals surface area contributed by atoms with Gasteiger partial charge in [-0.2, -0.15) is 0 Å². The van der Waals surface area contributed by atoms with Gasteiger partial charge in [0.25, 0.3) is 5.92 Å². The van der Waals surface area contributed by atoms with Crippen LogP contribution >= 0.6 is 22.9 Å². The Labute approximate surface area is 65.9 Å². The van der Waals surface area contributed by atoms with Gasteiger partial charge in [-0.1, -0.05) is 0 Å². The van der Waals surface area contributed by atoms with Gasteiger partial charge in [-0.15, -0.1) is 0 Å². The lowest BCUT2D eigenvalue weighted by atomic mass is 10.3. The van der Waals surface area contributed by atoms with Crippen LogP contribution in [0, 0.1) is 0 Å². The molecule has 9 heavy (non-hydrogen) atoms. The van der Waals surface area contributed by atoms with E-state index >= 15 is 0 Å². The summed E-state index contributed by atoms with van der Waals surface area (Å²) in [5, 5.41) is 0. The van der Waals surface area contributed by atoms with Gasteiger partial charge in [0.15, 0.2) is 0 Å². The highest BCUT2D eigenvalue weighted by molar-refractivity contribution is 14.1. The van der Waals surface area contributed by atoms with Crippen molar-refractivity contribution in [2.45, 2.75) is 18.5 Å². The van der Waals surface area contributed by atoms with Crippen molar-refractivity contribution in [1.82, 2.24) is 3.11 Å². The minimum absolute atomic E-state index is 0.212. The molecule has 1 saturated heterocycles. The van der Waals surface area contributed by atoms with Crippen molar-refractivity contribution >= 4 is 22.9 Å². The molecule has 1 aliphatic heterocycles. The second-order valence-corrected chi connectivity index (χ2v) is 3.42. The zero-order valence-corrected chi connectivity index (χ0v) is 6.81. The van der Waals surface area contributed by atoms with Crippen LogP contribution < -0.4 is 5.73 Å². The average molecular weight is 248 g/mol. The highest BCUT2D eigenvalue weighted by atomic mass is 127. The van der Waals surface area contributed by atoms with E-state index in [1.165, 1.54) is 3.11 Å². The molecule has 1 atom stereocenters. The number of halogens is 3. The topological polar surface area (TPSA) is 29.3 Å². The molecule has 0 aromatic carbocycles. The van der Waals surface area contributed by atoms with Gasteiger partial charge >= 0.3 is 0 Å². The van der Waals surface area contributed by atoms with E-state index in [0.29, 0.717) is 0 Å². The van der Waals surface area contributed by atoms with E-state index in [2.05, 4.69) is 0 Å². The number of nitrogens with two attached hydrogens (primary N) is 1. The summed E-state index contributed by atoms with van der Waals surface area (Å²) in [5.41, 5.74) is 5.29. The number of nitrogens with zero attached hydrogens (tertiary/aromatic N) is 1. The van der Waals surface area contributed by atoms with Gasteiger partial charge in [-0.05, 0) is 0 Å². The maximum Gasteiger partial charge on any atom is 0.264 e. The smallest absolute Gasteiger partial charge is 0.264 e. The van der Waals surface area contributed by atoms with Crippen molar-refractivity contribution < 1.29 is 8.78 Å². The van der Waals surface area contributed by atoms with Crippen LogP contribution in [0.3, 0.4) is 0 Å². The van der Waals surface area contributed by atoms with Crippen LogP contribution in [0.15, 0.2) is 0 Å². The van der Waals surface area contributed by atoms with Crippen LogP contribution in [0.25, 0.3) is 0 Å². The third-order valence-corrected chi connectivity index (χ3v) is 2.31. The molecule has 1 rings (SSSR count). The van der Waals surface area contributed by atoms with E-state index in [1.807, 2.05) is 22.9 Å². The van der Waals surface area contributed by atoms with Crippen molar-refractivity contribution in [3.63, 3.8) is 0 Å². The first kappa shape index (κ1) is 7.62. The van der Waals surface area contributed by atoms with E-state index in [0.717, 1.165) is 0 Å². The molecule has 0 amide bonds. The van der Waals surface area contributed by atoms with Gasteiger partial charge < -0.3 is 5.73 Å². The summed E-state index contributed by atoms with van der Waals surface area (Å²) in [4.78, 5) is 0. The Morgan fingerprint density at radius 2 is 2.22 bits per heavy atom. The lowest BCUT2D eigenvalue weighted by molar-refractivity contribution is 0.0185. The monoisotopic (exact) mass is 248 g/mol. The molecule has 1 aliphatic rings. The van der Waals surface area contributed by atoms with E-state index in [-0.39, 0.29) is 13.0 Å². The normalized spacial score (nSPS) is 35.3. The van der Waals surface area contributed by atoms with Gasteiger partial charge in [0.05, 0.1) is 12.7 Å². The van der Waals surface area contributed by atoms with Gasteiger partial charge in [-0.25, -0.2) is 11.9 Å². The quantitative estimate of drug-likeness (QED) is 0.511. The fraction of sp³-hybridized carbons (Fsp3) is 1.00. The number of hydrogen-bond donors (Lipinski definition) is 1. The van der Waals surface area contributed by atoms with E-state index in [4.69, 9.17) is 5.73 Å². The molecule has 0 aromatic rings. The molecule has 1 unspecified atom stereocenters. The van der Waals surface area contributed by atoms with Crippen LogP contribution in [-0.2, 0) is 0 Å². The molecule has 2 nitrogen and oxygen atoms in total. The Morgan fingerprint density at radius 3 is 2.33 bits per heavy atom. The summed E-state index contributed by atoms with van der Waals surface area (Å²) in [6.07, 6.45) is -0.684. The molecule has 0 aromatic heterocycles. The van der Waals surface area contributed by atoms with Crippen molar-refractivity contribution in [3.05, 3.63) is 0 Å². The van der Waals surface area contributed by atoms with Crippen LogP contribution in [0.2, 0.25) is 0 Å². The minimum Gasteiger partial charge on any atom is -0.315 e. The summed E-state index contributed by atoms with van der Waals surface area (Å²) in [6.45, 7) is -0.214. The maximum absolute atomic E-state index is 12.3. The summed E-state index contributed by atoms with van der Waals surface area (Å²) in [7, 11) is 0. The van der Waals surface area contributed by atoms with E-state index < -0.39 is 12.1 Å². The number of alkyl halides is 2. The fourth-order valence-corrected chi connectivity index (χ4v) is 1.50. The summed E-state index contributed by atoms with van der Waals surface area (Å²) in [5.74, 6) is -2.57. The average Bonchev–Trinajstić information content (AvgIpc) is 1.79. The first-order chi connectivity index (χ1) is 4.01. The van der Waals surface area contributed by atoms with Crippen molar-refractivity contribution in [2.75, 3.05) is 6.54 Å². The SMILES string of the molecule is NC1CC(F)(F)CN1I. The van der Waals surface area contributed by atoms with Gasteiger partial charge in [-0.3, -0.25) is 0 Å². The Kier molecular flexibility index (Phi) is 1.93. The Hall–Kier alpha value is 0.510. The largest absolute Gasteiger partial charge is 0.315 e. The molecular formula is C4H7F2IN2. The predicted octanol–water partition coefficient (Wildman–Crippen LogP) is 0.962. The molecular weight excluding hydrogens is 241 g/mol. The van der Waals surface area contributed by atoms with Crippen molar-refractivity contribution in [2.24, 2.45) is 5.73 Å². The number of hydrogen-bond acceptors (Lipinski definition) is 2. The van der Waals surface area contributed by atoms with Crippen LogP contribution in [0.1, 0.15) is 6.42 Å². The maximum atomic E-state index is 12.3. The second-order valence-electron chi connectivity index (χ2n) is 2.19. The minimum atomic E-state index is -2.57. The standard InChI is InChI=1S/C4H7F2IN2/c5-4(6)1-3(8)9(7)2-4/h3H,1-2,8H2.